The van der Waals surface area contributed by atoms with Gasteiger partial charge in [-0.05, 0) is 44.8 Å². The highest BCUT2D eigenvalue weighted by Gasteiger charge is 2.25. The molecule has 1 aromatic heterocycles. The first-order valence-corrected chi connectivity index (χ1v) is 6.85. The highest BCUT2D eigenvalue weighted by atomic mass is 15.3. The van der Waals surface area contributed by atoms with Crippen molar-refractivity contribution in [3.05, 3.63) is 17.5 Å². The average molecular weight is 235 g/mol. The fourth-order valence-corrected chi connectivity index (χ4v) is 3.22. The molecule has 96 valence electrons. The fourth-order valence-electron chi connectivity index (χ4n) is 3.22. The molecule has 0 bridgehead atoms. The van der Waals surface area contributed by atoms with Crippen LogP contribution >= 0.6 is 0 Å². The molecule has 0 amide bonds. The zero-order chi connectivity index (χ0) is 12.3. The SMILES string of the molecule is CNCC(Cc1cc(C)nn1C)C1CCCC1. The minimum atomic E-state index is 0.775. The molecule has 1 atom stereocenters. The van der Waals surface area contributed by atoms with E-state index in [1.54, 1.807) is 0 Å². The lowest BCUT2D eigenvalue weighted by Gasteiger charge is -2.23. The van der Waals surface area contributed by atoms with Gasteiger partial charge in [-0.15, -0.1) is 0 Å². The number of aromatic nitrogens is 2. The molecule has 0 radical (unpaired) electrons. The second-order valence-corrected chi connectivity index (χ2v) is 5.47. The summed E-state index contributed by atoms with van der Waals surface area (Å²) in [6.45, 7) is 3.21. The molecule has 2 rings (SSSR count). The molecule has 0 spiro atoms. The molecule has 0 saturated heterocycles. The van der Waals surface area contributed by atoms with Crippen molar-refractivity contribution in [1.29, 1.82) is 0 Å². The van der Waals surface area contributed by atoms with Gasteiger partial charge in [-0.1, -0.05) is 25.7 Å². The van der Waals surface area contributed by atoms with Crippen molar-refractivity contribution in [3.8, 4) is 0 Å². The minimum absolute atomic E-state index is 0.775. The van der Waals surface area contributed by atoms with E-state index in [4.69, 9.17) is 0 Å². The van der Waals surface area contributed by atoms with Gasteiger partial charge in [-0.25, -0.2) is 0 Å². The summed E-state index contributed by atoms with van der Waals surface area (Å²) in [5.74, 6) is 1.69. The lowest BCUT2D eigenvalue weighted by Crippen LogP contribution is -2.27. The van der Waals surface area contributed by atoms with E-state index in [2.05, 4.69) is 37.5 Å². The van der Waals surface area contributed by atoms with Gasteiger partial charge in [0.25, 0.3) is 0 Å². The third-order valence-electron chi connectivity index (χ3n) is 4.10. The van der Waals surface area contributed by atoms with Gasteiger partial charge in [0.1, 0.15) is 0 Å². The molecule has 3 nitrogen and oxygen atoms in total. The van der Waals surface area contributed by atoms with Crippen LogP contribution in [0.3, 0.4) is 0 Å². The van der Waals surface area contributed by atoms with E-state index in [9.17, 15) is 0 Å². The van der Waals surface area contributed by atoms with Crippen LogP contribution in [0.1, 0.15) is 37.1 Å². The van der Waals surface area contributed by atoms with Crippen LogP contribution in [0.25, 0.3) is 0 Å². The summed E-state index contributed by atoms with van der Waals surface area (Å²) in [7, 11) is 4.13. The quantitative estimate of drug-likeness (QED) is 0.848. The van der Waals surface area contributed by atoms with E-state index >= 15 is 0 Å². The van der Waals surface area contributed by atoms with Crippen LogP contribution < -0.4 is 5.32 Å². The summed E-state index contributed by atoms with van der Waals surface area (Å²) in [6, 6.07) is 2.23. The summed E-state index contributed by atoms with van der Waals surface area (Å²) in [4.78, 5) is 0. The number of rotatable bonds is 5. The van der Waals surface area contributed by atoms with Gasteiger partial charge >= 0.3 is 0 Å². The number of hydrogen-bond donors (Lipinski definition) is 1. The Kier molecular flexibility index (Phi) is 4.21. The van der Waals surface area contributed by atoms with Crippen LogP contribution in [0, 0.1) is 18.8 Å². The molecule has 17 heavy (non-hydrogen) atoms. The molecule has 1 unspecified atom stereocenters. The van der Waals surface area contributed by atoms with Crippen molar-refractivity contribution in [2.75, 3.05) is 13.6 Å². The highest BCUT2D eigenvalue weighted by Crippen LogP contribution is 2.33. The molecule has 1 aliphatic carbocycles. The van der Waals surface area contributed by atoms with E-state index in [0.29, 0.717) is 0 Å². The molecule has 1 N–H and O–H groups in total. The average Bonchev–Trinajstić information content (AvgIpc) is 2.88. The van der Waals surface area contributed by atoms with E-state index in [1.165, 1.54) is 37.8 Å². The molecule has 3 heteroatoms. The largest absolute Gasteiger partial charge is 0.319 e. The van der Waals surface area contributed by atoms with Gasteiger partial charge in [0.05, 0.1) is 5.69 Å². The maximum Gasteiger partial charge on any atom is 0.0596 e. The molecule has 1 heterocycles. The smallest absolute Gasteiger partial charge is 0.0596 e. The molecule has 1 aromatic rings. The molecule has 0 aromatic carbocycles. The topological polar surface area (TPSA) is 29.9 Å². The normalized spacial score (nSPS) is 18.8. The summed E-state index contributed by atoms with van der Waals surface area (Å²) in [5.41, 5.74) is 2.52. The van der Waals surface area contributed by atoms with Gasteiger partial charge < -0.3 is 5.32 Å². The summed E-state index contributed by atoms with van der Waals surface area (Å²) in [6.07, 6.45) is 6.86. The Labute approximate surface area is 105 Å². The van der Waals surface area contributed by atoms with E-state index < -0.39 is 0 Å². The second kappa shape index (κ2) is 5.67. The Morgan fingerprint density at radius 2 is 2.18 bits per heavy atom. The van der Waals surface area contributed by atoms with Crippen molar-refractivity contribution in [2.45, 2.75) is 39.0 Å². The molecular formula is C14H25N3. The Bertz CT molecular complexity index is 350. The molecule has 1 saturated carbocycles. The highest BCUT2D eigenvalue weighted by molar-refractivity contribution is 5.09. The Balaban J connectivity index is 2.03. The molecule has 0 aliphatic heterocycles. The van der Waals surface area contributed by atoms with E-state index in [-0.39, 0.29) is 0 Å². The maximum atomic E-state index is 4.45. The molecule has 1 aliphatic rings. The van der Waals surface area contributed by atoms with Crippen molar-refractivity contribution >= 4 is 0 Å². The van der Waals surface area contributed by atoms with Crippen molar-refractivity contribution in [1.82, 2.24) is 15.1 Å². The first-order valence-electron chi connectivity index (χ1n) is 6.85. The summed E-state index contributed by atoms with van der Waals surface area (Å²) >= 11 is 0. The number of aryl methyl sites for hydroxylation is 2. The van der Waals surface area contributed by atoms with E-state index in [1.807, 2.05) is 4.68 Å². The predicted molar refractivity (Wildman–Crippen MR) is 71.0 cm³/mol. The van der Waals surface area contributed by atoms with Crippen molar-refractivity contribution in [2.24, 2.45) is 18.9 Å². The van der Waals surface area contributed by atoms with Crippen LogP contribution in [0.15, 0.2) is 6.07 Å². The zero-order valence-electron chi connectivity index (χ0n) is 11.4. The van der Waals surface area contributed by atoms with Gasteiger partial charge in [-0.3, -0.25) is 4.68 Å². The van der Waals surface area contributed by atoms with Gasteiger partial charge in [0.2, 0.25) is 0 Å². The fraction of sp³-hybridized carbons (Fsp3) is 0.786. The Morgan fingerprint density at radius 1 is 1.47 bits per heavy atom. The molecule has 1 fully saturated rings. The Hall–Kier alpha value is -0.830. The second-order valence-electron chi connectivity index (χ2n) is 5.47. The van der Waals surface area contributed by atoms with Gasteiger partial charge in [0, 0.05) is 12.7 Å². The van der Waals surface area contributed by atoms with Gasteiger partial charge in [-0.2, -0.15) is 5.10 Å². The lowest BCUT2D eigenvalue weighted by atomic mass is 9.87. The number of nitrogens with zero attached hydrogens (tertiary/aromatic N) is 2. The number of hydrogen-bond acceptors (Lipinski definition) is 2. The van der Waals surface area contributed by atoms with Crippen LogP contribution in [0.5, 0.6) is 0 Å². The van der Waals surface area contributed by atoms with Crippen LogP contribution in [0.4, 0.5) is 0 Å². The van der Waals surface area contributed by atoms with Crippen LogP contribution in [-0.4, -0.2) is 23.4 Å². The maximum absolute atomic E-state index is 4.45. The predicted octanol–water partition coefficient (Wildman–Crippen LogP) is 2.30. The van der Waals surface area contributed by atoms with Gasteiger partial charge in [0.15, 0.2) is 0 Å². The summed E-state index contributed by atoms with van der Waals surface area (Å²) < 4.78 is 2.05. The molecular weight excluding hydrogens is 210 g/mol. The van der Waals surface area contributed by atoms with Crippen LogP contribution in [0.2, 0.25) is 0 Å². The third kappa shape index (κ3) is 3.09. The van der Waals surface area contributed by atoms with Crippen molar-refractivity contribution in [3.63, 3.8) is 0 Å². The lowest BCUT2D eigenvalue weighted by molar-refractivity contribution is 0.322. The Morgan fingerprint density at radius 3 is 2.71 bits per heavy atom. The minimum Gasteiger partial charge on any atom is -0.319 e. The zero-order valence-corrected chi connectivity index (χ0v) is 11.4. The first-order chi connectivity index (χ1) is 8.20. The standard InChI is InChI=1S/C14H25N3/c1-11-8-14(17(3)16-11)9-13(10-15-2)12-6-4-5-7-12/h8,12-13,15H,4-7,9-10H2,1-3H3. The third-order valence-corrected chi connectivity index (χ3v) is 4.10. The van der Waals surface area contributed by atoms with Crippen molar-refractivity contribution < 1.29 is 0 Å². The summed E-state index contributed by atoms with van der Waals surface area (Å²) in [5, 5.41) is 7.81. The first kappa shape index (κ1) is 12.6. The van der Waals surface area contributed by atoms with Crippen LogP contribution in [-0.2, 0) is 13.5 Å². The monoisotopic (exact) mass is 235 g/mol. The van der Waals surface area contributed by atoms with E-state index in [0.717, 1.165) is 24.1 Å². The number of nitrogens with one attached hydrogen (secondary N) is 1.